The second-order valence-corrected chi connectivity index (χ2v) is 8.46. The number of aryl methyl sites for hydroxylation is 2. The molecule has 3 aromatic carbocycles. The molecule has 0 fully saturated rings. The Labute approximate surface area is 188 Å². The lowest BCUT2D eigenvalue weighted by atomic mass is 9.94. The standard InChI is InChI=1S/C28H27N3O/c1-3-20-11-15-23(16-12-20)27-24-25(22-13-9-19(2)10-14-22)29-30-26(24)28(32)31(27)18-17-21-7-5-4-6-8-21/h4-16,27H,3,17-18H2,1-2H3,(H,29,30). The molecule has 5 rings (SSSR count). The zero-order valence-electron chi connectivity index (χ0n) is 18.5. The van der Waals surface area contributed by atoms with Gasteiger partial charge in [-0.3, -0.25) is 9.89 Å². The van der Waals surface area contributed by atoms with Gasteiger partial charge in [0.1, 0.15) is 5.69 Å². The van der Waals surface area contributed by atoms with Gasteiger partial charge in [-0.05, 0) is 36.5 Å². The quantitative estimate of drug-likeness (QED) is 0.432. The van der Waals surface area contributed by atoms with Gasteiger partial charge in [0.05, 0.1) is 11.7 Å². The molecule has 1 N–H and O–H groups in total. The summed E-state index contributed by atoms with van der Waals surface area (Å²) in [6.07, 6.45) is 1.81. The Hall–Kier alpha value is -3.66. The molecule has 1 aliphatic heterocycles. The number of benzene rings is 3. The smallest absolute Gasteiger partial charge is 0.273 e. The predicted molar refractivity (Wildman–Crippen MR) is 128 cm³/mol. The summed E-state index contributed by atoms with van der Waals surface area (Å²) in [5, 5.41) is 7.64. The summed E-state index contributed by atoms with van der Waals surface area (Å²) in [4.78, 5) is 15.5. The molecule has 0 bridgehead atoms. The van der Waals surface area contributed by atoms with Crippen LogP contribution in [0.1, 0.15) is 51.3 Å². The lowest BCUT2D eigenvalue weighted by molar-refractivity contribution is 0.0746. The molecule has 32 heavy (non-hydrogen) atoms. The van der Waals surface area contributed by atoms with Crippen LogP contribution in [0.3, 0.4) is 0 Å². The van der Waals surface area contributed by atoms with Crippen molar-refractivity contribution in [3.8, 4) is 11.3 Å². The van der Waals surface area contributed by atoms with E-state index >= 15 is 0 Å². The van der Waals surface area contributed by atoms with E-state index in [1.165, 1.54) is 16.7 Å². The number of hydrogen-bond donors (Lipinski definition) is 1. The molecule has 0 spiro atoms. The number of carbonyl (C=O) groups excluding carboxylic acids is 1. The number of hydrogen-bond acceptors (Lipinski definition) is 2. The lowest BCUT2D eigenvalue weighted by Gasteiger charge is -2.26. The van der Waals surface area contributed by atoms with Crippen molar-refractivity contribution < 1.29 is 4.79 Å². The Balaban J connectivity index is 1.57. The molecule has 4 nitrogen and oxygen atoms in total. The van der Waals surface area contributed by atoms with E-state index in [9.17, 15) is 4.79 Å². The number of carbonyl (C=O) groups is 1. The van der Waals surface area contributed by atoms with E-state index in [0.717, 1.165) is 35.2 Å². The highest BCUT2D eigenvalue weighted by Crippen LogP contribution is 2.42. The van der Waals surface area contributed by atoms with Gasteiger partial charge in [0.2, 0.25) is 0 Å². The van der Waals surface area contributed by atoms with Crippen LogP contribution in [-0.2, 0) is 12.8 Å². The maximum atomic E-state index is 13.5. The van der Waals surface area contributed by atoms with Gasteiger partial charge < -0.3 is 4.90 Å². The summed E-state index contributed by atoms with van der Waals surface area (Å²) in [6.45, 7) is 4.88. The van der Waals surface area contributed by atoms with E-state index < -0.39 is 0 Å². The van der Waals surface area contributed by atoms with Crippen molar-refractivity contribution in [2.45, 2.75) is 32.7 Å². The fraction of sp³-hybridized carbons (Fsp3) is 0.214. The zero-order valence-corrected chi connectivity index (χ0v) is 18.5. The van der Waals surface area contributed by atoms with Gasteiger partial charge >= 0.3 is 0 Å². The summed E-state index contributed by atoms with van der Waals surface area (Å²) >= 11 is 0. The van der Waals surface area contributed by atoms with E-state index in [1.54, 1.807) is 0 Å². The Morgan fingerprint density at radius 1 is 0.906 bits per heavy atom. The van der Waals surface area contributed by atoms with Gasteiger partial charge in [0.15, 0.2) is 0 Å². The maximum Gasteiger partial charge on any atom is 0.273 e. The average molecular weight is 422 g/mol. The Morgan fingerprint density at radius 3 is 2.31 bits per heavy atom. The minimum atomic E-state index is -0.151. The lowest BCUT2D eigenvalue weighted by Crippen LogP contribution is -2.31. The van der Waals surface area contributed by atoms with E-state index in [1.807, 2.05) is 23.1 Å². The van der Waals surface area contributed by atoms with E-state index in [-0.39, 0.29) is 11.9 Å². The highest BCUT2D eigenvalue weighted by Gasteiger charge is 2.41. The summed E-state index contributed by atoms with van der Waals surface area (Å²) in [5.74, 6) is 0.0198. The van der Waals surface area contributed by atoms with Crippen molar-refractivity contribution >= 4 is 5.91 Å². The third-order valence-electron chi connectivity index (χ3n) is 6.38. The normalized spacial score (nSPS) is 15.2. The number of nitrogens with one attached hydrogen (secondary N) is 1. The van der Waals surface area contributed by atoms with E-state index in [2.05, 4.69) is 84.7 Å². The second-order valence-electron chi connectivity index (χ2n) is 8.46. The minimum absolute atomic E-state index is 0.0198. The Bertz CT molecular complexity index is 1220. The largest absolute Gasteiger partial charge is 0.326 e. The number of aromatic nitrogens is 2. The molecule has 1 aliphatic rings. The molecular weight excluding hydrogens is 394 g/mol. The van der Waals surface area contributed by atoms with Crippen LogP contribution >= 0.6 is 0 Å². The van der Waals surface area contributed by atoms with Crippen LogP contribution in [0.4, 0.5) is 0 Å². The molecule has 4 heteroatoms. The van der Waals surface area contributed by atoms with Gasteiger partial charge in [-0.15, -0.1) is 0 Å². The SMILES string of the molecule is CCc1ccc(C2c3c(-c4ccc(C)cc4)n[nH]c3C(=O)N2CCc2ccccc2)cc1. The van der Waals surface area contributed by atoms with Crippen molar-refractivity contribution in [3.63, 3.8) is 0 Å². The van der Waals surface area contributed by atoms with Crippen molar-refractivity contribution in [1.29, 1.82) is 0 Å². The number of nitrogens with zero attached hydrogens (tertiary/aromatic N) is 2. The maximum absolute atomic E-state index is 13.5. The Kier molecular flexibility index (Phi) is 5.36. The fourth-order valence-corrected chi connectivity index (χ4v) is 4.54. The number of rotatable bonds is 6. The second kappa shape index (κ2) is 8.46. The van der Waals surface area contributed by atoms with Gasteiger partial charge in [0.25, 0.3) is 5.91 Å². The van der Waals surface area contributed by atoms with Crippen LogP contribution in [0, 0.1) is 6.92 Å². The highest BCUT2D eigenvalue weighted by molar-refractivity contribution is 6.00. The van der Waals surface area contributed by atoms with Crippen molar-refractivity contribution in [2.75, 3.05) is 6.54 Å². The van der Waals surface area contributed by atoms with Crippen LogP contribution in [0.25, 0.3) is 11.3 Å². The van der Waals surface area contributed by atoms with Gasteiger partial charge in [-0.1, -0.05) is 91.3 Å². The van der Waals surface area contributed by atoms with Crippen LogP contribution in [0.5, 0.6) is 0 Å². The first-order chi connectivity index (χ1) is 15.7. The summed E-state index contributed by atoms with van der Waals surface area (Å²) in [6, 6.07) is 27.2. The molecule has 0 saturated heterocycles. The molecule has 160 valence electrons. The first-order valence-corrected chi connectivity index (χ1v) is 11.2. The first-order valence-electron chi connectivity index (χ1n) is 11.2. The number of aromatic amines is 1. The van der Waals surface area contributed by atoms with E-state index in [0.29, 0.717) is 12.2 Å². The summed E-state index contributed by atoms with van der Waals surface area (Å²) < 4.78 is 0. The van der Waals surface area contributed by atoms with Crippen LogP contribution < -0.4 is 0 Å². The monoisotopic (exact) mass is 421 g/mol. The van der Waals surface area contributed by atoms with Crippen molar-refractivity contribution in [2.24, 2.45) is 0 Å². The van der Waals surface area contributed by atoms with Crippen LogP contribution in [0.15, 0.2) is 78.9 Å². The number of fused-ring (bicyclic) bond motifs is 1. The topological polar surface area (TPSA) is 49.0 Å². The molecular formula is C28H27N3O. The Morgan fingerprint density at radius 2 is 1.62 bits per heavy atom. The number of H-pyrrole nitrogens is 1. The van der Waals surface area contributed by atoms with Crippen molar-refractivity contribution in [1.82, 2.24) is 15.1 Å². The third-order valence-corrected chi connectivity index (χ3v) is 6.38. The average Bonchev–Trinajstić information content (AvgIpc) is 3.38. The first kappa shape index (κ1) is 20.3. The van der Waals surface area contributed by atoms with E-state index in [4.69, 9.17) is 0 Å². The fourth-order valence-electron chi connectivity index (χ4n) is 4.54. The number of amides is 1. The van der Waals surface area contributed by atoms with Gasteiger partial charge in [-0.25, -0.2) is 0 Å². The molecule has 0 aliphatic carbocycles. The highest BCUT2D eigenvalue weighted by atomic mass is 16.2. The molecule has 1 atom stereocenters. The van der Waals surface area contributed by atoms with Gasteiger partial charge in [0, 0.05) is 17.7 Å². The van der Waals surface area contributed by atoms with Crippen LogP contribution in [0.2, 0.25) is 0 Å². The predicted octanol–water partition coefficient (Wildman–Crippen LogP) is 5.74. The molecule has 0 radical (unpaired) electrons. The third kappa shape index (κ3) is 3.62. The zero-order chi connectivity index (χ0) is 22.1. The minimum Gasteiger partial charge on any atom is -0.326 e. The molecule has 1 unspecified atom stereocenters. The van der Waals surface area contributed by atoms with Crippen molar-refractivity contribution in [3.05, 3.63) is 112 Å². The summed E-state index contributed by atoms with van der Waals surface area (Å²) in [5.41, 5.74) is 8.33. The molecule has 4 aromatic rings. The molecule has 1 amide bonds. The molecule has 1 aromatic heterocycles. The molecule has 0 saturated carbocycles. The van der Waals surface area contributed by atoms with Crippen LogP contribution in [-0.4, -0.2) is 27.5 Å². The molecule has 2 heterocycles. The van der Waals surface area contributed by atoms with Gasteiger partial charge in [-0.2, -0.15) is 5.10 Å². The summed E-state index contributed by atoms with van der Waals surface area (Å²) in [7, 11) is 0.